The summed E-state index contributed by atoms with van der Waals surface area (Å²) in [5.74, 6) is -1.01. The summed E-state index contributed by atoms with van der Waals surface area (Å²) < 4.78 is 1.43. The van der Waals surface area contributed by atoms with Gasteiger partial charge < -0.3 is 4.90 Å². The van der Waals surface area contributed by atoms with Gasteiger partial charge in [0.15, 0.2) is 5.16 Å². The van der Waals surface area contributed by atoms with Gasteiger partial charge in [-0.15, -0.1) is 0 Å². The number of aromatic nitrogens is 2. The molecule has 3 rings (SSSR count). The number of hydrogen-bond donors (Lipinski definition) is 1. The maximum Gasteiger partial charge on any atom is 0.267 e. The van der Waals surface area contributed by atoms with Gasteiger partial charge in [0.1, 0.15) is 18.7 Å². The van der Waals surface area contributed by atoms with Gasteiger partial charge in [-0.25, -0.2) is 4.98 Å². The summed E-state index contributed by atoms with van der Waals surface area (Å²) in [4.78, 5) is 52.1. The van der Waals surface area contributed by atoms with Gasteiger partial charge in [0.25, 0.3) is 11.5 Å². The normalized spacial score (nSPS) is 17.9. The van der Waals surface area contributed by atoms with Crippen molar-refractivity contribution >= 4 is 29.5 Å². The van der Waals surface area contributed by atoms with Crippen molar-refractivity contribution in [1.29, 1.82) is 0 Å². The highest BCUT2D eigenvalue weighted by atomic mass is 32.2. The molecule has 0 saturated carbocycles. The third-order valence-electron chi connectivity index (χ3n) is 3.02. The Balaban J connectivity index is 1.93. The van der Waals surface area contributed by atoms with E-state index in [9.17, 15) is 19.2 Å². The second-order valence-electron chi connectivity index (χ2n) is 4.39. The minimum absolute atomic E-state index is 0.112. The average Bonchev–Trinajstić information content (AvgIpc) is 2.86. The minimum atomic E-state index is -0.641. The molecule has 1 aromatic rings. The number of hydrogen-bond acceptors (Lipinski definition) is 6. The number of nitrogens with one attached hydrogen (secondary N) is 1. The lowest BCUT2D eigenvalue weighted by atomic mass is 10.2. The van der Waals surface area contributed by atoms with Crippen LogP contribution in [0.5, 0.6) is 0 Å². The molecule has 9 heteroatoms. The van der Waals surface area contributed by atoms with Crippen molar-refractivity contribution in [2.24, 2.45) is 0 Å². The largest absolute Gasteiger partial charge is 0.320 e. The Kier molecular flexibility index (Phi) is 3.05. The van der Waals surface area contributed by atoms with Gasteiger partial charge >= 0.3 is 0 Å². The summed E-state index contributed by atoms with van der Waals surface area (Å²) >= 11 is 1.45. The molecule has 2 aliphatic heterocycles. The molecule has 1 aromatic heterocycles. The second-order valence-corrected chi connectivity index (χ2v) is 5.45. The molecule has 3 heterocycles. The molecule has 0 atom stereocenters. The number of nitrogens with zero attached hydrogens (tertiary/aromatic N) is 3. The molecule has 0 aromatic carbocycles. The number of amides is 3. The minimum Gasteiger partial charge on any atom is -0.320 e. The van der Waals surface area contributed by atoms with E-state index in [4.69, 9.17) is 0 Å². The summed E-state index contributed by atoms with van der Waals surface area (Å²) in [5.41, 5.74) is -0.540. The molecule has 0 radical (unpaired) electrons. The van der Waals surface area contributed by atoms with E-state index in [-0.39, 0.29) is 18.7 Å². The number of carbonyl (C=O) groups excluding carboxylic acids is 3. The molecule has 1 fully saturated rings. The first kappa shape index (κ1) is 12.9. The molecule has 2 aliphatic rings. The Hall–Kier alpha value is -2.16. The second kappa shape index (κ2) is 4.75. The highest BCUT2D eigenvalue weighted by molar-refractivity contribution is 7.99. The van der Waals surface area contributed by atoms with Crippen LogP contribution in [0, 0.1) is 0 Å². The van der Waals surface area contributed by atoms with Crippen LogP contribution in [0.15, 0.2) is 16.1 Å². The predicted octanol–water partition coefficient (Wildman–Crippen LogP) is -1.55. The van der Waals surface area contributed by atoms with E-state index < -0.39 is 23.3 Å². The van der Waals surface area contributed by atoms with E-state index in [0.29, 0.717) is 11.7 Å². The van der Waals surface area contributed by atoms with Crippen molar-refractivity contribution in [1.82, 2.24) is 19.8 Å². The van der Waals surface area contributed by atoms with Crippen molar-refractivity contribution < 1.29 is 14.4 Å². The number of piperazine rings is 1. The van der Waals surface area contributed by atoms with Gasteiger partial charge in [0.05, 0.1) is 0 Å². The molecule has 3 amide bonds. The van der Waals surface area contributed by atoms with E-state index in [0.717, 1.165) is 10.7 Å². The smallest absolute Gasteiger partial charge is 0.267 e. The topological polar surface area (TPSA) is 101 Å². The van der Waals surface area contributed by atoms with Gasteiger partial charge in [-0.2, -0.15) is 0 Å². The quantitative estimate of drug-likeness (QED) is 0.497. The van der Waals surface area contributed by atoms with Crippen LogP contribution < -0.4 is 10.9 Å². The van der Waals surface area contributed by atoms with E-state index in [2.05, 4.69) is 10.3 Å². The average molecular weight is 294 g/mol. The van der Waals surface area contributed by atoms with Crippen molar-refractivity contribution in [3.05, 3.63) is 22.1 Å². The Morgan fingerprint density at radius 1 is 1.25 bits per heavy atom. The third-order valence-corrected chi connectivity index (χ3v) is 3.99. The van der Waals surface area contributed by atoms with Gasteiger partial charge in [-0.3, -0.25) is 29.1 Å². The number of rotatable bonds is 1. The van der Waals surface area contributed by atoms with Crippen LogP contribution in [0.1, 0.15) is 10.4 Å². The summed E-state index contributed by atoms with van der Waals surface area (Å²) in [7, 11) is 0. The monoisotopic (exact) mass is 294 g/mol. The molecule has 1 N–H and O–H groups in total. The summed E-state index contributed by atoms with van der Waals surface area (Å²) in [5, 5.41) is 2.68. The fraction of sp³-hybridized carbons (Fsp3) is 0.364. The van der Waals surface area contributed by atoms with Gasteiger partial charge in [0.2, 0.25) is 11.8 Å². The molecule has 20 heavy (non-hydrogen) atoms. The molecule has 0 bridgehead atoms. The van der Waals surface area contributed by atoms with Crippen LogP contribution in [-0.4, -0.2) is 51.0 Å². The van der Waals surface area contributed by atoms with Crippen LogP contribution in [0.4, 0.5) is 0 Å². The highest BCUT2D eigenvalue weighted by Gasteiger charge is 2.30. The lowest BCUT2D eigenvalue weighted by Crippen LogP contribution is -2.54. The molecule has 0 unspecified atom stereocenters. The molecule has 8 nitrogen and oxygen atoms in total. The standard InChI is InChI=1S/C11H10N4O4S/c16-7-4-14(5-8(17)13-7)9(18)6-3-12-11-15(10(6)19)1-2-20-11/h3H,1-2,4-5H2,(H,13,16,17). The maximum atomic E-state index is 12.2. The summed E-state index contributed by atoms with van der Waals surface area (Å²) in [6, 6.07) is 0. The lowest BCUT2D eigenvalue weighted by Gasteiger charge is -2.25. The maximum absolute atomic E-state index is 12.2. The Bertz CT molecular complexity index is 667. The zero-order chi connectivity index (χ0) is 14.3. The number of carbonyl (C=O) groups is 3. The molecule has 1 saturated heterocycles. The molecular formula is C11H10N4O4S. The number of fused-ring (bicyclic) bond motifs is 1. The molecule has 104 valence electrons. The first-order valence-electron chi connectivity index (χ1n) is 5.91. The van der Waals surface area contributed by atoms with Crippen molar-refractivity contribution in [3.63, 3.8) is 0 Å². The third kappa shape index (κ3) is 2.09. The zero-order valence-corrected chi connectivity index (χ0v) is 11.1. The van der Waals surface area contributed by atoms with Crippen molar-refractivity contribution in [3.8, 4) is 0 Å². The van der Waals surface area contributed by atoms with E-state index in [1.807, 2.05) is 0 Å². The van der Waals surface area contributed by atoms with E-state index >= 15 is 0 Å². The molecular weight excluding hydrogens is 284 g/mol. The van der Waals surface area contributed by atoms with Gasteiger partial charge in [-0.1, -0.05) is 11.8 Å². The highest BCUT2D eigenvalue weighted by Crippen LogP contribution is 2.20. The van der Waals surface area contributed by atoms with E-state index in [1.165, 1.54) is 22.5 Å². The van der Waals surface area contributed by atoms with Gasteiger partial charge in [0, 0.05) is 18.5 Å². The van der Waals surface area contributed by atoms with Gasteiger partial charge in [-0.05, 0) is 0 Å². The predicted molar refractivity (Wildman–Crippen MR) is 68.3 cm³/mol. The Morgan fingerprint density at radius 2 is 1.95 bits per heavy atom. The van der Waals surface area contributed by atoms with Crippen LogP contribution in [0.25, 0.3) is 0 Å². The number of thioether (sulfide) groups is 1. The molecule has 0 aliphatic carbocycles. The van der Waals surface area contributed by atoms with Crippen LogP contribution in [0.2, 0.25) is 0 Å². The molecule has 0 spiro atoms. The first-order chi connectivity index (χ1) is 9.56. The van der Waals surface area contributed by atoms with Crippen LogP contribution in [-0.2, 0) is 16.1 Å². The summed E-state index contributed by atoms with van der Waals surface area (Å²) in [6.45, 7) is 0.0351. The zero-order valence-electron chi connectivity index (χ0n) is 10.3. The lowest BCUT2D eigenvalue weighted by molar-refractivity contribution is -0.135. The van der Waals surface area contributed by atoms with Crippen molar-refractivity contribution in [2.45, 2.75) is 11.7 Å². The Labute approximate surface area is 117 Å². The fourth-order valence-corrected chi connectivity index (χ4v) is 3.03. The summed E-state index contributed by atoms with van der Waals surface area (Å²) in [6.07, 6.45) is 1.21. The first-order valence-corrected chi connectivity index (χ1v) is 6.89. The Morgan fingerprint density at radius 3 is 2.65 bits per heavy atom. The van der Waals surface area contributed by atoms with Crippen molar-refractivity contribution in [2.75, 3.05) is 18.8 Å². The number of imide groups is 1. The van der Waals surface area contributed by atoms with Crippen LogP contribution in [0.3, 0.4) is 0 Å². The SMILES string of the molecule is O=C1CN(C(=O)c2cnc3n(c2=O)CCS3)CC(=O)N1. The van der Waals surface area contributed by atoms with E-state index in [1.54, 1.807) is 0 Å². The fourth-order valence-electron chi connectivity index (χ4n) is 2.12. The van der Waals surface area contributed by atoms with Crippen LogP contribution >= 0.6 is 11.8 Å².